The van der Waals surface area contributed by atoms with Gasteiger partial charge in [0.1, 0.15) is 5.75 Å². The average molecular weight is 255 g/mol. The lowest BCUT2D eigenvalue weighted by Gasteiger charge is -2.20. The highest BCUT2D eigenvalue weighted by molar-refractivity contribution is 5.57. The van der Waals surface area contributed by atoms with Gasteiger partial charge in [0.05, 0.1) is 0 Å². The van der Waals surface area contributed by atoms with Crippen LogP contribution in [-0.4, -0.2) is 5.11 Å². The number of hydrogen-bond acceptors (Lipinski definition) is 2. The van der Waals surface area contributed by atoms with Crippen LogP contribution in [-0.2, 0) is 0 Å². The molecule has 0 aromatic heterocycles. The molecule has 1 unspecified atom stereocenters. The van der Waals surface area contributed by atoms with Crippen molar-refractivity contribution in [3.8, 4) is 5.75 Å². The summed E-state index contributed by atoms with van der Waals surface area (Å²) in [5, 5.41) is 13.2. The summed E-state index contributed by atoms with van der Waals surface area (Å²) in [6, 6.07) is 12.4. The third kappa shape index (κ3) is 2.90. The van der Waals surface area contributed by atoms with Gasteiger partial charge in [-0.15, -0.1) is 0 Å². The zero-order valence-electron chi connectivity index (χ0n) is 12.0. The number of hydrogen-bond donors (Lipinski definition) is 2. The van der Waals surface area contributed by atoms with Crippen molar-refractivity contribution in [2.75, 3.05) is 5.32 Å². The van der Waals surface area contributed by atoms with Gasteiger partial charge in [0.15, 0.2) is 0 Å². The van der Waals surface area contributed by atoms with E-state index in [9.17, 15) is 5.11 Å². The van der Waals surface area contributed by atoms with E-state index in [1.54, 1.807) is 0 Å². The molecular formula is C17H21NO. The number of aryl methyl sites for hydroxylation is 3. The fourth-order valence-electron chi connectivity index (χ4n) is 2.34. The van der Waals surface area contributed by atoms with E-state index in [2.05, 4.69) is 43.4 Å². The molecule has 0 heterocycles. The standard InChI is InChI=1S/C17H21NO/c1-11-7-5-6-8-15(11)14(4)18-16-9-13(3)17(19)10-12(16)2/h5-10,14,18-19H,1-4H3. The molecule has 0 amide bonds. The number of aromatic hydroxyl groups is 1. The van der Waals surface area contributed by atoms with Gasteiger partial charge in [-0.3, -0.25) is 0 Å². The van der Waals surface area contributed by atoms with E-state index in [-0.39, 0.29) is 6.04 Å². The summed E-state index contributed by atoms with van der Waals surface area (Å²) >= 11 is 0. The van der Waals surface area contributed by atoms with Gasteiger partial charge >= 0.3 is 0 Å². The van der Waals surface area contributed by atoms with Crippen molar-refractivity contribution in [1.82, 2.24) is 0 Å². The second-order valence-corrected chi connectivity index (χ2v) is 5.18. The molecular weight excluding hydrogens is 234 g/mol. The Hall–Kier alpha value is -1.96. The molecule has 0 aliphatic heterocycles. The van der Waals surface area contributed by atoms with Crippen LogP contribution in [0, 0.1) is 20.8 Å². The van der Waals surface area contributed by atoms with E-state index in [4.69, 9.17) is 0 Å². The van der Waals surface area contributed by atoms with Crippen molar-refractivity contribution in [3.63, 3.8) is 0 Å². The van der Waals surface area contributed by atoms with Crippen molar-refractivity contribution in [2.24, 2.45) is 0 Å². The zero-order valence-corrected chi connectivity index (χ0v) is 12.0. The molecule has 0 bridgehead atoms. The van der Waals surface area contributed by atoms with E-state index in [1.807, 2.05) is 26.0 Å². The van der Waals surface area contributed by atoms with Gasteiger partial charge in [0.25, 0.3) is 0 Å². The fourth-order valence-corrected chi connectivity index (χ4v) is 2.34. The Balaban J connectivity index is 2.27. The first-order valence-corrected chi connectivity index (χ1v) is 6.61. The lowest BCUT2D eigenvalue weighted by molar-refractivity contribution is 0.470. The minimum absolute atomic E-state index is 0.240. The van der Waals surface area contributed by atoms with Crippen LogP contribution in [0.1, 0.15) is 35.2 Å². The molecule has 2 nitrogen and oxygen atoms in total. The van der Waals surface area contributed by atoms with Crippen LogP contribution in [0.15, 0.2) is 36.4 Å². The van der Waals surface area contributed by atoms with Crippen molar-refractivity contribution < 1.29 is 5.11 Å². The Morgan fingerprint density at radius 1 is 0.947 bits per heavy atom. The van der Waals surface area contributed by atoms with Crippen LogP contribution in [0.4, 0.5) is 5.69 Å². The summed E-state index contributed by atoms with van der Waals surface area (Å²) < 4.78 is 0. The van der Waals surface area contributed by atoms with Gasteiger partial charge in [-0.25, -0.2) is 0 Å². The summed E-state index contributed by atoms with van der Waals surface area (Å²) in [7, 11) is 0. The Kier molecular flexibility index (Phi) is 3.79. The molecule has 2 heteroatoms. The smallest absolute Gasteiger partial charge is 0.118 e. The maximum Gasteiger partial charge on any atom is 0.118 e. The quantitative estimate of drug-likeness (QED) is 0.792. The molecule has 19 heavy (non-hydrogen) atoms. The molecule has 0 radical (unpaired) electrons. The molecule has 2 aromatic carbocycles. The molecule has 2 N–H and O–H groups in total. The predicted octanol–water partition coefficient (Wildman–Crippen LogP) is 4.49. The molecule has 100 valence electrons. The number of phenols is 1. The number of anilines is 1. The van der Waals surface area contributed by atoms with Crippen molar-refractivity contribution in [2.45, 2.75) is 33.7 Å². The van der Waals surface area contributed by atoms with Gasteiger partial charge in [0.2, 0.25) is 0 Å². The Morgan fingerprint density at radius 3 is 2.32 bits per heavy atom. The van der Waals surface area contributed by atoms with Gasteiger partial charge < -0.3 is 10.4 Å². The van der Waals surface area contributed by atoms with Gasteiger partial charge in [-0.1, -0.05) is 24.3 Å². The maximum absolute atomic E-state index is 9.69. The van der Waals surface area contributed by atoms with Gasteiger partial charge in [-0.2, -0.15) is 0 Å². The Bertz CT molecular complexity index is 590. The monoisotopic (exact) mass is 255 g/mol. The highest BCUT2D eigenvalue weighted by atomic mass is 16.3. The molecule has 0 fully saturated rings. The lowest BCUT2D eigenvalue weighted by atomic mass is 10.0. The third-order valence-electron chi connectivity index (χ3n) is 3.57. The van der Waals surface area contributed by atoms with E-state index in [0.717, 1.165) is 16.8 Å². The van der Waals surface area contributed by atoms with Crippen molar-refractivity contribution >= 4 is 5.69 Å². The number of nitrogens with one attached hydrogen (secondary N) is 1. The summed E-state index contributed by atoms with van der Waals surface area (Å²) in [6.07, 6.45) is 0. The lowest BCUT2D eigenvalue weighted by Crippen LogP contribution is -2.09. The molecule has 0 aliphatic rings. The van der Waals surface area contributed by atoms with Crippen molar-refractivity contribution in [1.29, 1.82) is 0 Å². The minimum atomic E-state index is 0.240. The van der Waals surface area contributed by atoms with Crippen molar-refractivity contribution in [3.05, 3.63) is 58.7 Å². The van der Waals surface area contributed by atoms with E-state index in [1.165, 1.54) is 11.1 Å². The maximum atomic E-state index is 9.69. The summed E-state index contributed by atoms with van der Waals surface area (Å²) in [6.45, 7) is 8.21. The highest BCUT2D eigenvalue weighted by Crippen LogP contribution is 2.28. The molecule has 0 saturated carbocycles. The molecule has 2 aromatic rings. The first kappa shape index (κ1) is 13.5. The SMILES string of the molecule is Cc1cc(NC(C)c2ccccc2C)c(C)cc1O. The highest BCUT2D eigenvalue weighted by Gasteiger charge is 2.10. The first-order valence-electron chi connectivity index (χ1n) is 6.61. The Morgan fingerprint density at radius 2 is 1.63 bits per heavy atom. The topological polar surface area (TPSA) is 32.3 Å². The van der Waals surface area contributed by atoms with E-state index < -0.39 is 0 Å². The normalized spacial score (nSPS) is 12.2. The fraction of sp³-hybridized carbons (Fsp3) is 0.294. The number of phenolic OH excluding ortho intramolecular Hbond substituents is 1. The van der Waals surface area contributed by atoms with E-state index in [0.29, 0.717) is 5.75 Å². The average Bonchev–Trinajstić information content (AvgIpc) is 2.36. The summed E-state index contributed by atoms with van der Waals surface area (Å²) in [4.78, 5) is 0. The van der Waals surface area contributed by atoms with Crippen LogP contribution < -0.4 is 5.32 Å². The molecule has 2 rings (SSSR count). The van der Waals surface area contributed by atoms with Crippen LogP contribution in [0.25, 0.3) is 0 Å². The summed E-state index contributed by atoms with van der Waals surface area (Å²) in [5.74, 6) is 0.353. The third-order valence-corrected chi connectivity index (χ3v) is 3.57. The number of rotatable bonds is 3. The van der Waals surface area contributed by atoms with Crippen LogP contribution in [0.2, 0.25) is 0 Å². The first-order chi connectivity index (χ1) is 8.99. The largest absolute Gasteiger partial charge is 0.508 e. The molecule has 0 spiro atoms. The number of benzene rings is 2. The Labute approximate surface area is 115 Å². The molecule has 1 atom stereocenters. The minimum Gasteiger partial charge on any atom is -0.508 e. The second kappa shape index (κ2) is 5.35. The van der Waals surface area contributed by atoms with Crippen LogP contribution in [0.3, 0.4) is 0 Å². The van der Waals surface area contributed by atoms with E-state index >= 15 is 0 Å². The molecule has 0 saturated heterocycles. The predicted molar refractivity (Wildman–Crippen MR) is 80.8 cm³/mol. The van der Waals surface area contributed by atoms with Crippen LogP contribution >= 0.6 is 0 Å². The van der Waals surface area contributed by atoms with Gasteiger partial charge in [-0.05, 0) is 62.1 Å². The molecule has 0 aliphatic carbocycles. The summed E-state index contributed by atoms with van der Waals surface area (Å²) in [5.41, 5.74) is 5.61. The van der Waals surface area contributed by atoms with Crippen LogP contribution in [0.5, 0.6) is 5.75 Å². The second-order valence-electron chi connectivity index (χ2n) is 5.18. The zero-order chi connectivity index (χ0) is 14.0. The van der Waals surface area contributed by atoms with Gasteiger partial charge in [0, 0.05) is 11.7 Å².